The molecule has 8 aromatic heterocycles. The first-order valence-corrected chi connectivity index (χ1v) is 20.3. The Morgan fingerprint density at radius 1 is 0.333 bits per heavy atom. The number of H-pyrrole nitrogens is 1. The highest BCUT2D eigenvalue weighted by Gasteiger charge is 2.32. The second-order valence-electron chi connectivity index (χ2n) is 15.2. The van der Waals surface area contributed by atoms with E-state index in [-0.39, 0.29) is 0 Å². The Balaban J connectivity index is 1.28. The summed E-state index contributed by atoms with van der Waals surface area (Å²) >= 11 is 0. The fourth-order valence-electron chi connectivity index (χ4n) is 8.73. The van der Waals surface area contributed by atoms with E-state index in [0.717, 1.165) is 77.0 Å². The van der Waals surface area contributed by atoms with Crippen molar-refractivity contribution in [2.75, 3.05) is 0 Å². The van der Waals surface area contributed by atoms with Gasteiger partial charge in [0.05, 0.1) is 73.7 Å². The summed E-state index contributed by atoms with van der Waals surface area (Å²) in [6.07, 6.45) is 10.4. The zero-order valence-corrected chi connectivity index (χ0v) is 33.0. The summed E-state index contributed by atoms with van der Waals surface area (Å²) in [6, 6.07) is 42.2. The lowest BCUT2D eigenvalue weighted by molar-refractivity contribution is 1.15. The molecule has 0 atom stereocenters. The number of rotatable bonds is 5. The lowest BCUT2D eigenvalue weighted by Crippen LogP contribution is -2.04. The van der Waals surface area contributed by atoms with E-state index in [1.165, 1.54) is 0 Å². The minimum atomic E-state index is 0.411. The van der Waals surface area contributed by atoms with Crippen LogP contribution in [0.5, 0.6) is 0 Å². The minimum Gasteiger partial charge on any atom is -0.354 e. The molecule has 0 saturated heterocycles. The largest absolute Gasteiger partial charge is 0.354 e. The van der Waals surface area contributed by atoms with Crippen molar-refractivity contribution in [2.45, 2.75) is 0 Å². The van der Waals surface area contributed by atoms with E-state index < -0.39 is 0 Å². The van der Waals surface area contributed by atoms with Gasteiger partial charge in [0.2, 0.25) is 0 Å². The molecule has 0 saturated carbocycles. The first-order chi connectivity index (χ1) is 31.2. The molecule has 0 bridgehead atoms. The van der Waals surface area contributed by atoms with Crippen LogP contribution in [0.25, 0.3) is 133 Å². The van der Waals surface area contributed by atoms with Crippen molar-refractivity contribution in [3.63, 3.8) is 0 Å². The van der Waals surface area contributed by atoms with Crippen LogP contribution in [0, 0.1) is 0 Å². The lowest BCUT2D eigenvalue weighted by atomic mass is 9.85. The number of hydrogen-bond acceptors (Lipinski definition) is 11. The molecule has 5 aromatic carbocycles. The molecule has 0 spiro atoms. The van der Waals surface area contributed by atoms with E-state index in [4.69, 9.17) is 39.9 Å². The quantitative estimate of drug-likeness (QED) is 0.176. The molecule has 13 aromatic rings. The van der Waals surface area contributed by atoms with E-state index in [9.17, 15) is 0 Å². The van der Waals surface area contributed by atoms with Gasteiger partial charge in [-0.15, -0.1) is 0 Å². The maximum atomic E-state index is 5.37. The molecule has 292 valence electrons. The van der Waals surface area contributed by atoms with Crippen LogP contribution in [0.4, 0.5) is 0 Å². The Labute approximate surface area is 356 Å². The van der Waals surface area contributed by atoms with E-state index in [0.29, 0.717) is 56.4 Å². The summed E-state index contributed by atoms with van der Waals surface area (Å²) in [7, 11) is 0. The Kier molecular flexibility index (Phi) is 7.60. The van der Waals surface area contributed by atoms with Crippen LogP contribution in [0.15, 0.2) is 165 Å². The number of nitrogens with one attached hydrogen (secondary N) is 1. The fourth-order valence-corrected chi connectivity index (χ4v) is 8.73. The normalized spacial score (nSPS) is 11.8. The molecule has 0 radical (unpaired) electrons. The predicted octanol–water partition coefficient (Wildman–Crippen LogP) is 10.8. The van der Waals surface area contributed by atoms with Crippen LogP contribution in [0.2, 0.25) is 0 Å². The molecule has 13 rings (SSSR count). The van der Waals surface area contributed by atoms with Gasteiger partial charge < -0.3 is 4.98 Å². The number of pyridine rings is 3. The Morgan fingerprint density at radius 3 is 1.90 bits per heavy atom. The third-order valence-electron chi connectivity index (χ3n) is 11.5. The van der Waals surface area contributed by atoms with Crippen LogP contribution >= 0.6 is 0 Å². The molecule has 0 unspecified atom stereocenters. The van der Waals surface area contributed by atoms with Gasteiger partial charge in [0, 0.05) is 74.1 Å². The number of hydrogen-bond donors (Lipinski definition) is 1. The average molecular weight is 809 g/mol. The monoisotopic (exact) mass is 808 g/mol. The fraction of sp³-hybridized carbons (Fsp3) is 0. The molecule has 12 nitrogen and oxygen atoms in total. The molecule has 0 amide bonds. The van der Waals surface area contributed by atoms with Gasteiger partial charge >= 0.3 is 0 Å². The third-order valence-corrected chi connectivity index (χ3v) is 11.5. The molecule has 1 N–H and O–H groups in total. The molecule has 8 heterocycles. The zero-order valence-electron chi connectivity index (χ0n) is 33.0. The van der Waals surface area contributed by atoms with Crippen LogP contribution in [-0.2, 0) is 0 Å². The summed E-state index contributed by atoms with van der Waals surface area (Å²) < 4.78 is 0. The van der Waals surface area contributed by atoms with E-state index in [1.54, 1.807) is 24.8 Å². The molecule has 0 aliphatic carbocycles. The van der Waals surface area contributed by atoms with Gasteiger partial charge in [-0.3, -0.25) is 9.97 Å². The Hall–Kier alpha value is -9.03. The van der Waals surface area contributed by atoms with Gasteiger partial charge in [-0.25, -0.2) is 44.9 Å². The maximum absolute atomic E-state index is 5.37. The van der Waals surface area contributed by atoms with Crippen LogP contribution in [0.3, 0.4) is 0 Å². The first-order valence-electron chi connectivity index (χ1n) is 20.3. The second-order valence-corrected chi connectivity index (χ2v) is 15.2. The SMILES string of the molecule is c1ccc2nc(-c3cccc4[nH]c5c(-c6ncc7nccnc7n6)c(-c6ccc7ncccc7n6)c(-c6cnc7ccccc7n6)c(-c6ncc7ccccc7n6)c5c34)ccc2c1. The van der Waals surface area contributed by atoms with Crippen molar-refractivity contribution in [2.24, 2.45) is 0 Å². The topological polar surface area (TPSA) is 158 Å². The van der Waals surface area contributed by atoms with Gasteiger partial charge in [0.1, 0.15) is 5.52 Å². The number of para-hydroxylation sites is 4. The minimum absolute atomic E-state index is 0.411. The van der Waals surface area contributed by atoms with Crippen molar-refractivity contribution in [1.82, 2.24) is 59.8 Å². The molecule has 0 aliphatic rings. The van der Waals surface area contributed by atoms with Crippen molar-refractivity contribution in [1.29, 1.82) is 0 Å². The van der Waals surface area contributed by atoms with Crippen LogP contribution in [-0.4, -0.2) is 59.8 Å². The molecule has 0 fully saturated rings. The maximum Gasteiger partial charge on any atom is 0.181 e. The summed E-state index contributed by atoms with van der Waals surface area (Å²) in [5.41, 5.74) is 13.0. The molecule has 12 heteroatoms. The molecule has 0 aliphatic heterocycles. The second kappa shape index (κ2) is 13.8. The molecular weight excluding hydrogens is 781 g/mol. The number of fused-ring (bicyclic) bond motifs is 8. The third kappa shape index (κ3) is 5.59. The zero-order chi connectivity index (χ0) is 41.4. The first kappa shape index (κ1) is 34.8. The van der Waals surface area contributed by atoms with Crippen molar-refractivity contribution in [3.05, 3.63) is 165 Å². The van der Waals surface area contributed by atoms with Gasteiger partial charge in [0.15, 0.2) is 17.3 Å². The van der Waals surface area contributed by atoms with Gasteiger partial charge in [-0.2, -0.15) is 0 Å². The molecular formula is C51H28N12. The average Bonchev–Trinajstić information content (AvgIpc) is 3.74. The molecule has 63 heavy (non-hydrogen) atoms. The van der Waals surface area contributed by atoms with Crippen LogP contribution in [0.1, 0.15) is 0 Å². The summed E-state index contributed by atoms with van der Waals surface area (Å²) in [6.45, 7) is 0. The van der Waals surface area contributed by atoms with Gasteiger partial charge in [-0.05, 0) is 60.7 Å². The number of nitrogens with zero attached hydrogens (tertiary/aromatic N) is 11. The number of aromatic nitrogens is 12. The standard InChI is InChI=1S/C51H28N12/c1-3-12-31-28(9-1)18-19-33(58-31)30-11-7-16-38-42(30)45-46(50-56-25-29-10-2-4-13-32(29)62-50)44(40-26-55-34-14-5-6-15-36(34)60-40)43(39-21-20-35-37(59-39)17-8-22-52-35)47(48(45)61-38)51-57-27-41-49(63-51)54-24-23-53-41/h1-27,61H. The number of benzene rings is 5. The van der Waals surface area contributed by atoms with Gasteiger partial charge in [0.25, 0.3) is 0 Å². The van der Waals surface area contributed by atoms with E-state index in [1.807, 2.05) is 109 Å². The smallest absolute Gasteiger partial charge is 0.181 e. The van der Waals surface area contributed by atoms with Crippen molar-refractivity contribution in [3.8, 4) is 56.5 Å². The Bertz CT molecular complexity index is 4010. The van der Waals surface area contributed by atoms with Gasteiger partial charge in [-0.1, -0.05) is 66.7 Å². The highest BCUT2D eigenvalue weighted by molar-refractivity contribution is 6.27. The summed E-state index contributed by atoms with van der Waals surface area (Å²) in [5.74, 6) is 0.903. The summed E-state index contributed by atoms with van der Waals surface area (Å²) in [4.78, 5) is 59.2. The lowest BCUT2D eigenvalue weighted by Gasteiger charge is -2.21. The van der Waals surface area contributed by atoms with E-state index >= 15 is 0 Å². The highest BCUT2D eigenvalue weighted by Crippen LogP contribution is 2.52. The van der Waals surface area contributed by atoms with Crippen molar-refractivity contribution < 1.29 is 0 Å². The number of aromatic amines is 1. The van der Waals surface area contributed by atoms with E-state index in [2.05, 4.69) is 50.3 Å². The highest BCUT2D eigenvalue weighted by atomic mass is 15.0. The summed E-state index contributed by atoms with van der Waals surface area (Å²) in [5, 5.41) is 3.72. The Morgan fingerprint density at radius 2 is 1.00 bits per heavy atom. The predicted molar refractivity (Wildman–Crippen MR) is 246 cm³/mol. The van der Waals surface area contributed by atoms with Crippen LogP contribution < -0.4 is 0 Å². The van der Waals surface area contributed by atoms with Crippen molar-refractivity contribution >= 4 is 76.8 Å².